The van der Waals surface area contributed by atoms with Crippen LogP contribution in [0.4, 0.5) is 0 Å². The van der Waals surface area contributed by atoms with E-state index in [0.717, 1.165) is 12.2 Å². The monoisotopic (exact) mass is 207 g/mol. The third kappa shape index (κ3) is 2.68. The van der Waals surface area contributed by atoms with Crippen molar-refractivity contribution in [1.82, 2.24) is 0 Å². The molecule has 0 unspecified atom stereocenters. The highest BCUT2D eigenvalue weighted by atomic mass is 32.2. The summed E-state index contributed by atoms with van der Waals surface area (Å²) in [6, 6.07) is 8.13. The van der Waals surface area contributed by atoms with Crippen LogP contribution in [-0.2, 0) is 6.42 Å². The topological polar surface area (TPSA) is 33.0 Å². The fraction of sp³-hybridized carbons (Fsp3) is 0.364. The zero-order chi connectivity index (χ0) is 10.4. The van der Waals surface area contributed by atoms with Gasteiger partial charge in [0.1, 0.15) is 5.75 Å². The van der Waals surface area contributed by atoms with Gasteiger partial charge in [-0.15, -0.1) is 11.8 Å². The summed E-state index contributed by atoms with van der Waals surface area (Å²) in [4.78, 5) is 1.19. The van der Waals surface area contributed by atoms with Gasteiger partial charge in [-0.25, -0.2) is 0 Å². The van der Waals surface area contributed by atoms with Crippen LogP contribution >= 0.6 is 11.8 Å². The van der Waals surface area contributed by atoms with E-state index in [0.29, 0.717) is 6.42 Å². The van der Waals surface area contributed by atoms with Gasteiger partial charge in [-0.3, -0.25) is 0 Å². The highest BCUT2D eigenvalue weighted by Crippen LogP contribution is 2.26. The minimum Gasteiger partial charge on any atom is -0.497 e. The van der Waals surface area contributed by atoms with Crippen LogP contribution in [0.15, 0.2) is 23.1 Å². The summed E-state index contributed by atoms with van der Waals surface area (Å²) in [6.07, 6.45) is 3.42. The van der Waals surface area contributed by atoms with Gasteiger partial charge in [0.05, 0.1) is 13.2 Å². The highest BCUT2D eigenvalue weighted by Gasteiger charge is 2.02. The lowest BCUT2D eigenvalue weighted by atomic mass is 10.1. The molecule has 1 aromatic rings. The van der Waals surface area contributed by atoms with Crippen LogP contribution in [0.2, 0.25) is 0 Å². The van der Waals surface area contributed by atoms with E-state index in [2.05, 4.69) is 6.07 Å². The molecule has 0 N–H and O–H groups in total. The van der Waals surface area contributed by atoms with Gasteiger partial charge >= 0.3 is 0 Å². The van der Waals surface area contributed by atoms with Crippen LogP contribution < -0.4 is 4.74 Å². The van der Waals surface area contributed by atoms with Gasteiger partial charge in [-0.05, 0) is 30.4 Å². The van der Waals surface area contributed by atoms with Crippen LogP contribution in [-0.4, -0.2) is 13.4 Å². The number of thioether (sulfide) groups is 1. The van der Waals surface area contributed by atoms with Crippen molar-refractivity contribution in [2.75, 3.05) is 13.4 Å². The first kappa shape index (κ1) is 10.9. The van der Waals surface area contributed by atoms with Crippen molar-refractivity contribution in [1.29, 1.82) is 5.26 Å². The van der Waals surface area contributed by atoms with Crippen LogP contribution in [0.25, 0.3) is 0 Å². The molecule has 0 bridgehead atoms. The molecule has 0 fully saturated rings. The van der Waals surface area contributed by atoms with Gasteiger partial charge in [0.25, 0.3) is 0 Å². The van der Waals surface area contributed by atoms with Crippen molar-refractivity contribution in [3.05, 3.63) is 23.8 Å². The molecule has 0 saturated carbocycles. The Morgan fingerprint density at radius 3 is 2.86 bits per heavy atom. The van der Waals surface area contributed by atoms with Gasteiger partial charge in [0.15, 0.2) is 0 Å². The second kappa shape index (κ2) is 5.56. The zero-order valence-electron chi connectivity index (χ0n) is 8.41. The maximum atomic E-state index is 8.51. The molecule has 0 aliphatic carbocycles. The Balaban J connectivity index is 2.88. The Morgan fingerprint density at radius 2 is 2.29 bits per heavy atom. The number of hydrogen-bond donors (Lipinski definition) is 0. The minimum absolute atomic E-state index is 0.569. The lowest BCUT2D eigenvalue weighted by molar-refractivity contribution is 0.413. The van der Waals surface area contributed by atoms with Crippen molar-refractivity contribution in [2.45, 2.75) is 17.7 Å². The number of nitrogens with zero attached hydrogens (tertiary/aromatic N) is 1. The van der Waals surface area contributed by atoms with E-state index >= 15 is 0 Å². The summed E-state index contributed by atoms with van der Waals surface area (Å²) in [5.74, 6) is 0.870. The number of aryl methyl sites for hydroxylation is 1. The van der Waals surface area contributed by atoms with E-state index < -0.39 is 0 Å². The standard InChI is InChI=1S/C11H13NOS/c1-13-10-6-5-9(4-3-7-12)11(8-10)14-2/h5-6,8H,3-4H2,1-2H3. The fourth-order valence-corrected chi connectivity index (χ4v) is 1.92. The molecular weight excluding hydrogens is 194 g/mol. The molecule has 0 aromatic heterocycles. The molecule has 0 aliphatic heterocycles. The Bertz CT molecular complexity index is 344. The smallest absolute Gasteiger partial charge is 0.119 e. The van der Waals surface area contributed by atoms with Crippen LogP contribution in [0.5, 0.6) is 5.75 Å². The first-order valence-corrected chi connectivity index (χ1v) is 5.62. The number of methoxy groups -OCH3 is 1. The molecule has 0 saturated heterocycles. The summed E-state index contributed by atoms with van der Waals surface area (Å²) in [7, 11) is 1.66. The molecule has 0 heterocycles. The summed E-state index contributed by atoms with van der Waals surface area (Å²) < 4.78 is 5.14. The Morgan fingerprint density at radius 1 is 1.50 bits per heavy atom. The molecule has 0 radical (unpaired) electrons. The summed E-state index contributed by atoms with van der Waals surface area (Å²) in [6.45, 7) is 0. The number of nitriles is 1. The van der Waals surface area contributed by atoms with E-state index in [9.17, 15) is 0 Å². The second-order valence-corrected chi connectivity index (χ2v) is 3.68. The maximum Gasteiger partial charge on any atom is 0.119 e. The van der Waals surface area contributed by atoms with E-state index in [1.54, 1.807) is 18.9 Å². The summed E-state index contributed by atoms with van der Waals surface area (Å²) in [5.41, 5.74) is 1.22. The average molecular weight is 207 g/mol. The Hall–Kier alpha value is -1.14. The third-order valence-corrected chi connectivity index (χ3v) is 2.82. The van der Waals surface area contributed by atoms with Crippen LogP contribution in [0, 0.1) is 11.3 Å². The van der Waals surface area contributed by atoms with E-state index in [1.165, 1.54) is 10.5 Å². The Kier molecular flexibility index (Phi) is 4.34. The van der Waals surface area contributed by atoms with Gasteiger partial charge in [0, 0.05) is 11.3 Å². The quantitative estimate of drug-likeness (QED) is 0.712. The number of hydrogen-bond acceptors (Lipinski definition) is 3. The van der Waals surface area contributed by atoms with Crippen LogP contribution in [0.3, 0.4) is 0 Å². The van der Waals surface area contributed by atoms with Gasteiger partial charge in [-0.2, -0.15) is 5.26 Å². The highest BCUT2D eigenvalue weighted by molar-refractivity contribution is 7.98. The molecule has 14 heavy (non-hydrogen) atoms. The maximum absolute atomic E-state index is 8.51. The van der Waals surface area contributed by atoms with E-state index in [1.807, 2.05) is 24.5 Å². The fourth-order valence-electron chi connectivity index (χ4n) is 1.25. The largest absolute Gasteiger partial charge is 0.497 e. The molecule has 1 aromatic carbocycles. The molecule has 0 spiro atoms. The molecule has 3 heteroatoms. The summed E-state index contributed by atoms with van der Waals surface area (Å²) >= 11 is 1.69. The predicted molar refractivity (Wildman–Crippen MR) is 58.7 cm³/mol. The molecular formula is C11H13NOS. The lowest BCUT2D eigenvalue weighted by Crippen LogP contribution is -1.90. The SMILES string of the molecule is COc1ccc(CCC#N)c(SC)c1. The lowest BCUT2D eigenvalue weighted by Gasteiger charge is -2.07. The van der Waals surface area contributed by atoms with Crippen molar-refractivity contribution in [2.24, 2.45) is 0 Å². The van der Waals surface area contributed by atoms with Crippen molar-refractivity contribution < 1.29 is 4.74 Å². The van der Waals surface area contributed by atoms with Gasteiger partial charge in [-0.1, -0.05) is 6.07 Å². The average Bonchev–Trinajstić information content (AvgIpc) is 2.26. The molecule has 0 amide bonds. The van der Waals surface area contributed by atoms with E-state index in [-0.39, 0.29) is 0 Å². The van der Waals surface area contributed by atoms with E-state index in [4.69, 9.17) is 10.00 Å². The molecule has 1 rings (SSSR count). The zero-order valence-corrected chi connectivity index (χ0v) is 9.23. The number of ether oxygens (including phenoxy) is 1. The minimum atomic E-state index is 0.569. The molecule has 2 nitrogen and oxygen atoms in total. The normalized spacial score (nSPS) is 9.50. The number of rotatable bonds is 4. The number of benzene rings is 1. The Labute approximate surface area is 88.9 Å². The second-order valence-electron chi connectivity index (χ2n) is 2.84. The third-order valence-electron chi connectivity index (χ3n) is 2.00. The molecule has 0 atom stereocenters. The van der Waals surface area contributed by atoms with Gasteiger partial charge < -0.3 is 4.74 Å². The van der Waals surface area contributed by atoms with Crippen LogP contribution in [0.1, 0.15) is 12.0 Å². The van der Waals surface area contributed by atoms with Gasteiger partial charge in [0.2, 0.25) is 0 Å². The first-order valence-electron chi connectivity index (χ1n) is 4.39. The van der Waals surface area contributed by atoms with Crippen molar-refractivity contribution in [3.63, 3.8) is 0 Å². The molecule has 74 valence electrons. The summed E-state index contributed by atoms with van der Waals surface area (Å²) in [5, 5.41) is 8.51. The predicted octanol–water partition coefficient (Wildman–Crippen LogP) is 2.87. The van der Waals surface area contributed by atoms with Crippen molar-refractivity contribution in [3.8, 4) is 11.8 Å². The van der Waals surface area contributed by atoms with Crippen molar-refractivity contribution >= 4 is 11.8 Å². The molecule has 0 aliphatic rings. The first-order chi connectivity index (χ1) is 6.81.